The standard InChI is InChI=1S/C15H19F2N3O/c1-8-4-9(7-20(8)10-2-3-10)19-14-5-11(15(18)21)12(16)6-13(14)17/h5-6,8-10,19H,2-4,7H2,1H3,(H2,18,21). The summed E-state index contributed by atoms with van der Waals surface area (Å²) in [6.45, 7) is 3.00. The molecule has 1 aromatic carbocycles. The van der Waals surface area contributed by atoms with E-state index in [1.165, 1.54) is 12.8 Å². The van der Waals surface area contributed by atoms with Crippen molar-refractivity contribution in [3.05, 3.63) is 29.3 Å². The maximum absolute atomic E-state index is 13.8. The van der Waals surface area contributed by atoms with E-state index in [1.54, 1.807) is 0 Å². The van der Waals surface area contributed by atoms with Crippen molar-refractivity contribution in [1.29, 1.82) is 0 Å². The lowest BCUT2D eigenvalue weighted by Gasteiger charge is -2.20. The Morgan fingerprint density at radius 1 is 1.33 bits per heavy atom. The van der Waals surface area contributed by atoms with Gasteiger partial charge in [-0.25, -0.2) is 8.78 Å². The van der Waals surface area contributed by atoms with Gasteiger partial charge in [0.2, 0.25) is 0 Å². The minimum absolute atomic E-state index is 0.0984. The molecule has 0 radical (unpaired) electrons. The summed E-state index contributed by atoms with van der Waals surface area (Å²) < 4.78 is 27.3. The number of primary amides is 1. The summed E-state index contributed by atoms with van der Waals surface area (Å²) in [6, 6.07) is 3.08. The fraction of sp³-hybridized carbons (Fsp3) is 0.533. The second kappa shape index (κ2) is 5.26. The average Bonchev–Trinajstić information content (AvgIpc) is 3.17. The van der Waals surface area contributed by atoms with Gasteiger partial charge in [0.15, 0.2) is 0 Å². The highest BCUT2D eigenvalue weighted by molar-refractivity contribution is 5.94. The third-order valence-electron chi connectivity index (χ3n) is 4.32. The Hall–Kier alpha value is -1.69. The van der Waals surface area contributed by atoms with E-state index in [0.717, 1.165) is 19.0 Å². The van der Waals surface area contributed by atoms with E-state index < -0.39 is 17.5 Å². The molecule has 2 fully saturated rings. The van der Waals surface area contributed by atoms with Gasteiger partial charge in [-0.2, -0.15) is 0 Å². The number of rotatable bonds is 4. The molecule has 1 aromatic rings. The number of carbonyl (C=O) groups is 1. The van der Waals surface area contributed by atoms with Crippen molar-refractivity contribution in [2.24, 2.45) is 5.73 Å². The van der Waals surface area contributed by atoms with Gasteiger partial charge in [-0.3, -0.25) is 9.69 Å². The molecule has 1 saturated heterocycles. The van der Waals surface area contributed by atoms with Crippen molar-refractivity contribution >= 4 is 11.6 Å². The second-order valence-electron chi connectivity index (χ2n) is 6.03. The molecule has 21 heavy (non-hydrogen) atoms. The maximum atomic E-state index is 13.8. The number of amides is 1. The average molecular weight is 295 g/mol. The van der Waals surface area contributed by atoms with Gasteiger partial charge in [0.05, 0.1) is 11.3 Å². The number of nitrogens with two attached hydrogens (primary N) is 1. The van der Waals surface area contributed by atoms with Gasteiger partial charge in [0.25, 0.3) is 5.91 Å². The molecule has 114 valence electrons. The van der Waals surface area contributed by atoms with Gasteiger partial charge >= 0.3 is 0 Å². The summed E-state index contributed by atoms with van der Waals surface area (Å²) in [5.41, 5.74) is 4.95. The number of carbonyl (C=O) groups excluding carboxylic acids is 1. The van der Waals surface area contributed by atoms with Crippen LogP contribution >= 0.6 is 0 Å². The fourth-order valence-corrected chi connectivity index (χ4v) is 3.14. The Morgan fingerprint density at radius 2 is 2.05 bits per heavy atom. The summed E-state index contributed by atoms with van der Waals surface area (Å²) in [7, 11) is 0. The minimum Gasteiger partial charge on any atom is -0.379 e. The third kappa shape index (κ3) is 2.85. The molecule has 1 saturated carbocycles. The predicted molar refractivity (Wildman–Crippen MR) is 76.1 cm³/mol. The van der Waals surface area contributed by atoms with Crippen molar-refractivity contribution in [3.8, 4) is 0 Å². The summed E-state index contributed by atoms with van der Waals surface area (Å²) >= 11 is 0. The van der Waals surface area contributed by atoms with Gasteiger partial charge in [-0.1, -0.05) is 0 Å². The van der Waals surface area contributed by atoms with Crippen molar-refractivity contribution in [1.82, 2.24) is 4.90 Å². The van der Waals surface area contributed by atoms with Crippen LogP contribution in [-0.4, -0.2) is 35.5 Å². The molecule has 2 aliphatic rings. The van der Waals surface area contributed by atoms with Gasteiger partial charge in [0.1, 0.15) is 11.6 Å². The number of nitrogens with one attached hydrogen (secondary N) is 1. The highest BCUT2D eigenvalue weighted by Crippen LogP contribution is 2.34. The normalized spacial score (nSPS) is 26.0. The second-order valence-corrected chi connectivity index (χ2v) is 6.03. The SMILES string of the molecule is CC1CC(Nc2cc(C(N)=O)c(F)cc2F)CN1C1CC1. The zero-order chi connectivity index (χ0) is 15.1. The number of hydrogen-bond acceptors (Lipinski definition) is 3. The molecule has 0 spiro atoms. The van der Waals surface area contributed by atoms with Crippen molar-refractivity contribution in [2.45, 2.75) is 44.3 Å². The van der Waals surface area contributed by atoms with Crippen LogP contribution in [0.25, 0.3) is 0 Å². The molecule has 1 amide bonds. The molecule has 1 aliphatic heterocycles. The lowest BCUT2D eigenvalue weighted by Crippen LogP contribution is -2.31. The maximum Gasteiger partial charge on any atom is 0.251 e. The van der Waals surface area contributed by atoms with Crippen molar-refractivity contribution in [2.75, 3.05) is 11.9 Å². The first-order valence-corrected chi connectivity index (χ1v) is 7.27. The molecule has 2 unspecified atom stereocenters. The highest BCUT2D eigenvalue weighted by Gasteiger charge is 2.38. The first kappa shape index (κ1) is 14.3. The van der Waals surface area contributed by atoms with Crippen LogP contribution in [0.4, 0.5) is 14.5 Å². The van der Waals surface area contributed by atoms with E-state index in [9.17, 15) is 13.6 Å². The number of likely N-dealkylation sites (tertiary alicyclic amines) is 1. The van der Waals surface area contributed by atoms with E-state index in [-0.39, 0.29) is 17.3 Å². The van der Waals surface area contributed by atoms with E-state index in [1.807, 2.05) is 0 Å². The fourth-order valence-electron chi connectivity index (χ4n) is 3.14. The van der Waals surface area contributed by atoms with Crippen LogP contribution in [0.15, 0.2) is 12.1 Å². The van der Waals surface area contributed by atoms with E-state index in [0.29, 0.717) is 18.2 Å². The van der Waals surface area contributed by atoms with Gasteiger partial charge in [-0.05, 0) is 32.3 Å². The largest absolute Gasteiger partial charge is 0.379 e. The Balaban J connectivity index is 1.75. The Morgan fingerprint density at radius 3 is 2.67 bits per heavy atom. The van der Waals surface area contributed by atoms with Crippen LogP contribution in [-0.2, 0) is 0 Å². The Labute approximate surface area is 122 Å². The number of hydrogen-bond donors (Lipinski definition) is 2. The number of nitrogens with zero attached hydrogens (tertiary/aromatic N) is 1. The van der Waals surface area contributed by atoms with Gasteiger partial charge in [0, 0.05) is 30.7 Å². The molecule has 0 bridgehead atoms. The molecule has 3 rings (SSSR count). The number of benzene rings is 1. The van der Waals surface area contributed by atoms with Crippen LogP contribution in [0.2, 0.25) is 0 Å². The van der Waals surface area contributed by atoms with Crippen molar-refractivity contribution < 1.29 is 13.6 Å². The first-order chi connectivity index (χ1) is 9.95. The smallest absolute Gasteiger partial charge is 0.251 e. The van der Waals surface area contributed by atoms with Gasteiger partial charge in [-0.15, -0.1) is 0 Å². The van der Waals surface area contributed by atoms with Crippen LogP contribution in [0, 0.1) is 11.6 Å². The Bertz CT molecular complexity index is 574. The van der Waals surface area contributed by atoms with Crippen molar-refractivity contribution in [3.63, 3.8) is 0 Å². The van der Waals surface area contributed by atoms with E-state index >= 15 is 0 Å². The molecular formula is C15H19F2N3O. The molecule has 4 nitrogen and oxygen atoms in total. The third-order valence-corrected chi connectivity index (χ3v) is 4.32. The molecule has 6 heteroatoms. The lowest BCUT2D eigenvalue weighted by atomic mass is 10.1. The Kier molecular flexibility index (Phi) is 3.57. The zero-order valence-corrected chi connectivity index (χ0v) is 11.9. The topological polar surface area (TPSA) is 58.4 Å². The molecule has 3 N–H and O–H groups in total. The predicted octanol–water partition coefficient (Wildman–Crippen LogP) is 2.10. The zero-order valence-electron chi connectivity index (χ0n) is 11.9. The van der Waals surface area contributed by atoms with Crippen LogP contribution < -0.4 is 11.1 Å². The summed E-state index contributed by atoms with van der Waals surface area (Å²) in [5, 5.41) is 3.08. The highest BCUT2D eigenvalue weighted by atomic mass is 19.1. The number of halogens is 2. The van der Waals surface area contributed by atoms with Crippen LogP contribution in [0.5, 0.6) is 0 Å². The minimum atomic E-state index is -0.926. The van der Waals surface area contributed by atoms with E-state index in [2.05, 4.69) is 17.1 Å². The summed E-state index contributed by atoms with van der Waals surface area (Å²) in [6.07, 6.45) is 3.36. The molecule has 2 atom stereocenters. The summed E-state index contributed by atoms with van der Waals surface area (Å²) in [5.74, 6) is -2.52. The van der Waals surface area contributed by atoms with E-state index in [4.69, 9.17) is 5.73 Å². The van der Waals surface area contributed by atoms with Gasteiger partial charge < -0.3 is 11.1 Å². The lowest BCUT2D eigenvalue weighted by molar-refractivity contribution is 0.0996. The monoisotopic (exact) mass is 295 g/mol. The first-order valence-electron chi connectivity index (χ1n) is 7.27. The number of anilines is 1. The molecule has 1 heterocycles. The molecule has 1 aliphatic carbocycles. The molecule has 0 aromatic heterocycles. The van der Waals surface area contributed by atoms with Crippen LogP contribution in [0.1, 0.15) is 36.5 Å². The van der Waals surface area contributed by atoms with Crippen LogP contribution in [0.3, 0.4) is 0 Å². The molecular weight excluding hydrogens is 276 g/mol. The summed E-state index contributed by atoms with van der Waals surface area (Å²) in [4.78, 5) is 13.6. The quantitative estimate of drug-likeness (QED) is 0.894.